The molecule has 2 aliphatic heterocycles. The van der Waals surface area contributed by atoms with E-state index in [0.717, 1.165) is 0 Å². The van der Waals surface area contributed by atoms with Crippen molar-refractivity contribution in [3.05, 3.63) is 0 Å². The zero-order chi connectivity index (χ0) is 29.4. The van der Waals surface area contributed by atoms with Gasteiger partial charge in [-0.05, 0) is 67.5 Å². The molecule has 2 fully saturated rings. The zero-order valence-electron chi connectivity index (χ0n) is 24.9. The van der Waals surface area contributed by atoms with E-state index in [-0.39, 0.29) is 24.0 Å². The molecule has 0 aromatic heterocycles. The number of hydrogen-bond donors (Lipinski definition) is 4. The van der Waals surface area contributed by atoms with Crippen molar-refractivity contribution in [3.63, 3.8) is 0 Å². The second-order valence-electron chi connectivity index (χ2n) is 13.1. The summed E-state index contributed by atoms with van der Waals surface area (Å²) in [4.78, 5) is 28.6. The highest BCUT2D eigenvalue weighted by molar-refractivity contribution is 5.83. The van der Waals surface area contributed by atoms with Gasteiger partial charge in [-0.1, -0.05) is 20.8 Å². The first kappa shape index (κ1) is 33.1. The van der Waals surface area contributed by atoms with Crippen molar-refractivity contribution < 1.29 is 39.1 Å². The van der Waals surface area contributed by atoms with Gasteiger partial charge in [0, 0.05) is 29.3 Å². The molecule has 10 heteroatoms. The molecule has 0 aliphatic carbocycles. The fourth-order valence-electron chi connectivity index (χ4n) is 6.11. The minimum atomic E-state index is -1.82. The Balaban J connectivity index is 2.47. The average molecular weight is 545 g/mol. The van der Waals surface area contributed by atoms with E-state index >= 15 is 0 Å². The molecule has 0 saturated carbocycles. The number of esters is 1. The first-order valence-electron chi connectivity index (χ1n) is 13.8. The maximum Gasteiger partial charge on any atom is 0.311 e. The first-order chi connectivity index (χ1) is 17.2. The number of nitrogens with zero attached hydrogens (tertiary/aromatic N) is 1. The maximum absolute atomic E-state index is 13.3. The van der Waals surface area contributed by atoms with E-state index in [1.54, 1.807) is 27.7 Å². The van der Waals surface area contributed by atoms with Gasteiger partial charge < -0.3 is 40.2 Å². The quantitative estimate of drug-likeness (QED) is 0.384. The van der Waals surface area contributed by atoms with E-state index in [1.165, 1.54) is 6.92 Å². The summed E-state index contributed by atoms with van der Waals surface area (Å²) in [7, 11) is 3.91. The summed E-state index contributed by atoms with van der Waals surface area (Å²) in [6, 6.07) is 0. The fourth-order valence-corrected chi connectivity index (χ4v) is 6.11. The standard InChI is InChI=1S/C28H52N2O8/c1-15-11-26(6,30(9)10)12-16(2)22(38-20-13-27(7,29)24(33)19(5)37-20)18(4)25(34)36-14-28(8,35)23(32)17(3)21(15)31/h15-20,22-24,32-33,35H,11-14,29H2,1-10H3/t15-,16-,17?,18?,19?,20+,22+,23?,24+,26-,27-,28-/m1/s1. The fraction of sp³-hybridized carbons (Fsp3) is 0.929. The molecule has 0 spiro atoms. The molecule has 222 valence electrons. The monoisotopic (exact) mass is 544 g/mol. The van der Waals surface area contributed by atoms with E-state index in [9.17, 15) is 24.9 Å². The van der Waals surface area contributed by atoms with Crippen LogP contribution in [0.1, 0.15) is 74.7 Å². The normalized spacial score (nSPS) is 48.4. The smallest absolute Gasteiger partial charge is 0.311 e. The summed E-state index contributed by atoms with van der Waals surface area (Å²) in [6.07, 6.45) is -2.88. The predicted octanol–water partition coefficient (Wildman–Crippen LogP) is 1.47. The van der Waals surface area contributed by atoms with Crippen molar-refractivity contribution in [2.45, 2.75) is 122 Å². The number of hydrogen-bond acceptors (Lipinski definition) is 10. The minimum absolute atomic E-state index is 0.159. The van der Waals surface area contributed by atoms with E-state index in [2.05, 4.69) is 11.8 Å². The maximum atomic E-state index is 13.3. The number of nitrogens with two attached hydrogens (primary N) is 1. The molecule has 0 bridgehead atoms. The molecule has 0 aromatic rings. The van der Waals surface area contributed by atoms with Gasteiger partial charge in [0.25, 0.3) is 0 Å². The van der Waals surface area contributed by atoms with Gasteiger partial charge in [0.1, 0.15) is 18.0 Å². The number of ketones is 1. The van der Waals surface area contributed by atoms with E-state index < -0.39 is 71.8 Å². The van der Waals surface area contributed by atoms with Crippen LogP contribution in [-0.4, -0.2) is 100 Å². The molecule has 38 heavy (non-hydrogen) atoms. The third-order valence-electron chi connectivity index (χ3n) is 8.97. The summed E-state index contributed by atoms with van der Waals surface area (Å²) in [5, 5.41) is 32.2. The third-order valence-corrected chi connectivity index (χ3v) is 8.97. The van der Waals surface area contributed by atoms with Crippen molar-refractivity contribution in [2.24, 2.45) is 29.4 Å². The van der Waals surface area contributed by atoms with Crippen LogP contribution in [0, 0.1) is 23.7 Å². The van der Waals surface area contributed by atoms with Gasteiger partial charge in [0.2, 0.25) is 0 Å². The molecular weight excluding hydrogens is 492 g/mol. The van der Waals surface area contributed by atoms with Crippen LogP contribution in [0.5, 0.6) is 0 Å². The van der Waals surface area contributed by atoms with E-state index in [4.69, 9.17) is 19.9 Å². The number of aliphatic hydroxyl groups excluding tert-OH is 2. The van der Waals surface area contributed by atoms with E-state index in [0.29, 0.717) is 12.8 Å². The van der Waals surface area contributed by atoms with Gasteiger partial charge in [-0.2, -0.15) is 0 Å². The number of carbonyl (C=O) groups is 2. The summed E-state index contributed by atoms with van der Waals surface area (Å²) < 4.78 is 17.9. The Kier molecular flexibility index (Phi) is 10.6. The molecule has 2 aliphatic rings. The van der Waals surface area contributed by atoms with Crippen LogP contribution < -0.4 is 5.73 Å². The molecule has 2 rings (SSSR count). The van der Waals surface area contributed by atoms with Crippen LogP contribution in [0.2, 0.25) is 0 Å². The van der Waals surface area contributed by atoms with Crippen LogP contribution in [0.15, 0.2) is 0 Å². The SMILES string of the molecule is CC1C(=O)[C@H](C)C[C@@](C)(N(C)C)C[C@@H](C)[C@H](O[C@H]2C[C@@](C)(N)[C@@H](O)C(C)O2)C(C)C(=O)OC[C@@](C)(O)C1O. The molecule has 4 unspecified atom stereocenters. The Hall–Kier alpha value is -1.14. The molecule has 10 nitrogen and oxygen atoms in total. The summed E-state index contributed by atoms with van der Waals surface area (Å²) >= 11 is 0. The van der Waals surface area contributed by atoms with Gasteiger partial charge in [-0.15, -0.1) is 0 Å². The number of carbonyl (C=O) groups excluding carboxylic acids is 2. The Morgan fingerprint density at radius 3 is 2.05 bits per heavy atom. The highest BCUT2D eigenvalue weighted by atomic mass is 16.7. The molecule has 0 aromatic carbocycles. The van der Waals surface area contributed by atoms with Crippen LogP contribution in [0.4, 0.5) is 0 Å². The lowest BCUT2D eigenvalue weighted by Crippen LogP contribution is -2.61. The summed E-state index contributed by atoms with van der Waals surface area (Å²) in [5.74, 6) is -2.89. The minimum Gasteiger partial charge on any atom is -0.462 e. The van der Waals surface area contributed by atoms with Gasteiger partial charge in [-0.25, -0.2) is 0 Å². The highest BCUT2D eigenvalue weighted by Gasteiger charge is 2.47. The molecule has 0 radical (unpaired) electrons. The lowest BCUT2D eigenvalue weighted by atomic mass is 9.74. The molecule has 12 atom stereocenters. The van der Waals surface area contributed by atoms with Crippen LogP contribution in [0.3, 0.4) is 0 Å². The Morgan fingerprint density at radius 2 is 1.53 bits per heavy atom. The second-order valence-corrected chi connectivity index (χ2v) is 13.1. The topological polar surface area (TPSA) is 152 Å². The van der Waals surface area contributed by atoms with Gasteiger partial charge >= 0.3 is 5.97 Å². The van der Waals surface area contributed by atoms with Crippen molar-refractivity contribution in [3.8, 4) is 0 Å². The van der Waals surface area contributed by atoms with Crippen molar-refractivity contribution in [1.29, 1.82) is 0 Å². The van der Waals surface area contributed by atoms with Crippen molar-refractivity contribution >= 4 is 11.8 Å². The zero-order valence-corrected chi connectivity index (χ0v) is 24.9. The van der Waals surface area contributed by atoms with Crippen molar-refractivity contribution in [2.75, 3.05) is 20.7 Å². The number of Topliss-reactive ketones (excluding diaryl/α,β-unsaturated/α-hetero) is 1. The molecule has 2 saturated heterocycles. The van der Waals surface area contributed by atoms with Gasteiger partial charge in [-0.3, -0.25) is 9.59 Å². The summed E-state index contributed by atoms with van der Waals surface area (Å²) in [5.41, 5.74) is 3.15. The Bertz CT molecular complexity index is 834. The molecule has 5 N–H and O–H groups in total. The average Bonchev–Trinajstić information content (AvgIpc) is 2.81. The number of rotatable bonds is 3. The van der Waals surface area contributed by atoms with Crippen LogP contribution in [-0.2, 0) is 23.8 Å². The number of ether oxygens (including phenoxy) is 3. The van der Waals surface area contributed by atoms with Crippen molar-refractivity contribution in [1.82, 2.24) is 4.90 Å². The van der Waals surface area contributed by atoms with Crippen LogP contribution in [0.25, 0.3) is 0 Å². The van der Waals surface area contributed by atoms with E-state index in [1.807, 2.05) is 27.9 Å². The highest BCUT2D eigenvalue weighted by Crippen LogP contribution is 2.37. The Labute approximate surface area is 228 Å². The third kappa shape index (κ3) is 7.33. The molecule has 0 amide bonds. The lowest BCUT2D eigenvalue weighted by molar-refractivity contribution is -0.264. The molecular formula is C28H52N2O8. The number of aliphatic hydroxyl groups is 3. The lowest BCUT2D eigenvalue weighted by Gasteiger charge is -2.46. The largest absolute Gasteiger partial charge is 0.462 e. The Morgan fingerprint density at radius 1 is 0.947 bits per heavy atom. The second kappa shape index (κ2) is 12.2. The van der Waals surface area contributed by atoms with Crippen LogP contribution >= 0.6 is 0 Å². The van der Waals surface area contributed by atoms with Gasteiger partial charge in [0.05, 0.1) is 30.3 Å². The molecule has 2 heterocycles. The predicted molar refractivity (Wildman–Crippen MR) is 143 cm³/mol. The summed E-state index contributed by atoms with van der Waals surface area (Å²) in [6.45, 7) is 13.6. The first-order valence-corrected chi connectivity index (χ1v) is 13.8. The van der Waals surface area contributed by atoms with Gasteiger partial charge in [0.15, 0.2) is 6.29 Å². The number of cyclic esters (lactones) is 1.